The van der Waals surface area contributed by atoms with Crippen molar-refractivity contribution >= 4 is 43.5 Å². The third-order valence-electron chi connectivity index (χ3n) is 2.61. The molecule has 0 fully saturated rings. The molecule has 0 aliphatic heterocycles. The van der Waals surface area contributed by atoms with Crippen LogP contribution in [0, 0.1) is 17.1 Å². The number of halogens is 3. The molecule has 2 nitrogen and oxygen atoms in total. The molecule has 0 bridgehead atoms. The summed E-state index contributed by atoms with van der Waals surface area (Å²) in [5.41, 5.74) is 1.56. The summed E-state index contributed by atoms with van der Waals surface area (Å²) in [5.74, 6) is -0.303. The van der Waals surface area contributed by atoms with E-state index in [4.69, 9.17) is 0 Å². The van der Waals surface area contributed by atoms with Crippen LogP contribution in [-0.4, -0.2) is 5.11 Å². The van der Waals surface area contributed by atoms with E-state index in [2.05, 4.69) is 31.9 Å². The van der Waals surface area contributed by atoms with Gasteiger partial charge in [-0.1, -0.05) is 12.1 Å². The minimum atomic E-state index is -0.392. The largest absolute Gasteiger partial charge is 0.506 e. The van der Waals surface area contributed by atoms with E-state index in [1.165, 1.54) is 12.1 Å². The second-order valence-corrected chi connectivity index (χ2v) is 5.72. The third kappa shape index (κ3) is 3.27. The van der Waals surface area contributed by atoms with Crippen molar-refractivity contribution in [2.75, 3.05) is 0 Å². The molecule has 0 atom stereocenters. The van der Waals surface area contributed by atoms with E-state index in [0.717, 1.165) is 0 Å². The summed E-state index contributed by atoms with van der Waals surface area (Å²) in [5, 5.41) is 18.9. The molecular formula is C15H8Br2FNO. The summed E-state index contributed by atoms with van der Waals surface area (Å²) in [7, 11) is 0. The fourth-order valence-corrected chi connectivity index (χ4v) is 2.89. The lowest BCUT2D eigenvalue weighted by molar-refractivity contribution is 0.468. The molecule has 0 spiro atoms. The van der Waals surface area contributed by atoms with Crippen LogP contribution in [0.15, 0.2) is 45.3 Å². The van der Waals surface area contributed by atoms with E-state index < -0.39 is 5.82 Å². The third-order valence-corrected chi connectivity index (χ3v) is 3.82. The molecule has 20 heavy (non-hydrogen) atoms. The van der Waals surface area contributed by atoms with Gasteiger partial charge in [0.2, 0.25) is 0 Å². The SMILES string of the molecule is N#C/C(=C/c1cc(Br)c(O)c(Br)c1)c1cccc(F)c1. The van der Waals surface area contributed by atoms with Crippen LogP contribution in [-0.2, 0) is 0 Å². The van der Waals surface area contributed by atoms with Crippen molar-refractivity contribution in [2.45, 2.75) is 0 Å². The van der Waals surface area contributed by atoms with Gasteiger partial charge in [0.05, 0.1) is 20.6 Å². The summed E-state index contributed by atoms with van der Waals surface area (Å²) in [6.07, 6.45) is 1.63. The van der Waals surface area contributed by atoms with Gasteiger partial charge in [-0.3, -0.25) is 0 Å². The molecule has 2 aromatic rings. The van der Waals surface area contributed by atoms with Crippen LogP contribution in [0.3, 0.4) is 0 Å². The van der Waals surface area contributed by atoms with Crippen molar-refractivity contribution in [1.82, 2.24) is 0 Å². The molecule has 0 heterocycles. The Balaban J connectivity index is 2.50. The molecule has 5 heteroatoms. The lowest BCUT2D eigenvalue weighted by Gasteiger charge is -2.04. The minimum Gasteiger partial charge on any atom is -0.506 e. The maximum atomic E-state index is 13.2. The van der Waals surface area contributed by atoms with Gasteiger partial charge in [0.15, 0.2) is 0 Å². The van der Waals surface area contributed by atoms with Crippen LogP contribution in [0.1, 0.15) is 11.1 Å². The number of phenols is 1. The number of nitrogens with zero attached hydrogens (tertiary/aromatic N) is 1. The lowest BCUT2D eigenvalue weighted by Crippen LogP contribution is -1.84. The van der Waals surface area contributed by atoms with Gasteiger partial charge in [0, 0.05) is 0 Å². The molecule has 0 amide bonds. The Morgan fingerprint density at radius 2 is 1.85 bits per heavy atom. The number of benzene rings is 2. The van der Waals surface area contributed by atoms with Crippen molar-refractivity contribution in [3.63, 3.8) is 0 Å². The Hall–Kier alpha value is -1.64. The quantitative estimate of drug-likeness (QED) is 0.565. The maximum absolute atomic E-state index is 13.2. The van der Waals surface area contributed by atoms with Crippen LogP contribution in [0.2, 0.25) is 0 Å². The Bertz CT molecular complexity index is 712. The molecule has 0 radical (unpaired) electrons. The zero-order chi connectivity index (χ0) is 14.7. The predicted molar refractivity (Wildman–Crippen MR) is 83.4 cm³/mol. The molecule has 0 aliphatic carbocycles. The molecule has 0 saturated heterocycles. The first kappa shape index (κ1) is 14.8. The highest BCUT2D eigenvalue weighted by Gasteiger charge is 2.07. The molecule has 0 saturated carbocycles. The first-order valence-electron chi connectivity index (χ1n) is 5.57. The van der Waals surface area contributed by atoms with Crippen molar-refractivity contribution in [3.8, 4) is 11.8 Å². The molecule has 2 aromatic carbocycles. The molecule has 0 unspecified atom stereocenters. The number of aromatic hydroxyl groups is 1. The van der Waals surface area contributed by atoms with Gasteiger partial charge in [0.25, 0.3) is 0 Å². The van der Waals surface area contributed by atoms with E-state index in [1.807, 2.05) is 6.07 Å². The predicted octanol–water partition coefficient (Wildman–Crippen LogP) is 5.12. The fourth-order valence-electron chi connectivity index (χ4n) is 1.67. The molecule has 1 N–H and O–H groups in total. The van der Waals surface area contributed by atoms with Gasteiger partial charge in [0.1, 0.15) is 11.6 Å². The fraction of sp³-hybridized carbons (Fsp3) is 0. The summed E-state index contributed by atoms with van der Waals surface area (Å²) >= 11 is 6.45. The summed E-state index contributed by atoms with van der Waals surface area (Å²) in [4.78, 5) is 0. The van der Waals surface area contributed by atoms with Gasteiger partial charge in [-0.05, 0) is 73.3 Å². The second-order valence-electron chi connectivity index (χ2n) is 4.01. The maximum Gasteiger partial charge on any atom is 0.143 e. The second kappa shape index (κ2) is 6.21. The normalized spacial score (nSPS) is 11.2. The first-order valence-corrected chi connectivity index (χ1v) is 7.15. The number of hydrogen-bond donors (Lipinski definition) is 1. The molecular weight excluding hydrogens is 389 g/mol. The molecule has 100 valence electrons. The van der Waals surface area contributed by atoms with Crippen molar-refractivity contribution < 1.29 is 9.50 Å². The summed E-state index contributed by atoms with van der Waals surface area (Å²) in [6, 6.07) is 11.3. The van der Waals surface area contributed by atoms with Crippen molar-refractivity contribution in [2.24, 2.45) is 0 Å². The monoisotopic (exact) mass is 395 g/mol. The van der Waals surface area contributed by atoms with E-state index in [1.54, 1.807) is 30.3 Å². The van der Waals surface area contributed by atoms with Crippen molar-refractivity contribution in [1.29, 1.82) is 5.26 Å². The average Bonchev–Trinajstić information content (AvgIpc) is 2.42. The van der Waals surface area contributed by atoms with Crippen LogP contribution in [0.25, 0.3) is 11.6 Å². The van der Waals surface area contributed by atoms with Crippen LogP contribution >= 0.6 is 31.9 Å². The summed E-state index contributed by atoms with van der Waals surface area (Å²) in [6.45, 7) is 0. The van der Waals surface area contributed by atoms with Crippen LogP contribution in [0.5, 0.6) is 5.75 Å². The van der Waals surface area contributed by atoms with E-state index in [-0.39, 0.29) is 5.75 Å². The first-order chi connectivity index (χ1) is 9.51. The number of nitriles is 1. The van der Waals surface area contributed by atoms with Gasteiger partial charge >= 0.3 is 0 Å². The topological polar surface area (TPSA) is 44.0 Å². The molecule has 2 rings (SSSR count). The number of rotatable bonds is 2. The van der Waals surface area contributed by atoms with Gasteiger partial charge < -0.3 is 5.11 Å². The van der Waals surface area contributed by atoms with Gasteiger partial charge in [-0.2, -0.15) is 5.26 Å². The van der Waals surface area contributed by atoms with Gasteiger partial charge in [-0.15, -0.1) is 0 Å². The standard InChI is InChI=1S/C15H8Br2FNO/c16-13-5-9(6-14(17)15(13)20)4-11(8-19)10-2-1-3-12(18)7-10/h1-7,20H/b11-4-. The Morgan fingerprint density at radius 1 is 1.20 bits per heavy atom. The van der Waals surface area contributed by atoms with Crippen LogP contribution < -0.4 is 0 Å². The highest BCUT2D eigenvalue weighted by atomic mass is 79.9. The smallest absolute Gasteiger partial charge is 0.143 e. The lowest BCUT2D eigenvalue weighted by atomic mass is 10.0. The zero-order valence-corrected chi connectivity index (χ0v) is 13.2. The summed E-state index contributed by atoms with van der Waals surface area (Å²) < 4.78 is 14.2. The Kier molecular flexibility index (Phi) is 4.58. The van der Waals surface area contributed by atoms with Crippen LogP contribution in [0.4, 0.5) is 4.39 Å². The number of allylic oxidation sites excluding steroid dienone is 1. The van der Waals surface area contributed by atoms with E-state index in [9.17, 15) is 14.8 Å². The van der Waals surface area contributed by atoms with Crippen molar-refractivity contribution in [3.05, 3.63) is 62.3 Å². The Morgan fingerprint density at radius 3 is 2.40 bits per heavy atom. The number of hydrogen-bond acceptors (Lipinski definition) is 2. The number of phenolic OH excluding ortho intramolecular Hbond substituents is 1. The van der Waals surface area contributed by atoms with E-state index in [0.29, 0.717) is 25.6 Å². The highest BCUT2D eigenvalue weighted by Crippen LogP contribution is 2.34. The zero-order valence-electron chi connectivity index (χ0n) is 10.1. The van der Waals surface area contributed by atoms with Gasteiger partial charge in [-0.25, -0.2) is 4.39 Å². The highest BCUT2D eigenvalue weighted by molar-refractivity contribution is 9.11. The molecule has 0 aliphatic rings. The average molecular weight is 397 g/mol. The Labute approximate surface area is 132 Å². The molecule has 0 aromatic heterocycles. The minimum absolute atomic E-state index is 0.0893. The van der Waals surface area contributed by atoms with E-state index >= 15 is 0 Å².